The van der Waals surface area contributed by atoms with Crippen LogP contribution in [-0.2, 0) is 9.59 Å². The Bertz CT molecular complexity index is 1360. The van der Waals surface area contributed by atoms with E-state index >= 15 is 0 Å². The van der Waals surface area contributed by atoms with Gasteiger partial charge in [0.2, 0.25) is 0 Å². The molecule has 1 aromatic heterocycles. The van der Waals surface area contributed by atoms with E-state index in [2.05, 4.69) is 20.6 Å². The molecule has 0 unspecified atom stereocenters. The number of pyridine rings is 1. The zero-order valence-corrected chi connectivity index (χ0v) is 25.5. The van der Waals surface area contributed by atoms with E-state index in [9.17, 15) is 18.4 Å². The van der Waals surface area contributed by atoms with Crippen molar-refractivity contribution in [2.24, 2.45) is 28.1 Å². The number of amidine groups is 1. The molecule has 1 fully saturated rings. The quantitative estimate of drug-likeness (QED) is 0.117. The molecule has 9 nitrogen and oxygen atoms in total. The smallest absolute Gasteiger partial charge is 0.686 e. The Hall–Kier alpha value is -2.90. The van der Waals surface area contributed by atoms with Crippen molar-refractivity contribution in [3.05, 3.63) is 82.7 Å². The van der Waals surface area contributed by atoms with E-state index in [0.29, 0.717) is 30.1 Å². The zero-order valence-electron chi connectivity index (χ0n) is 22.3. The Kier molecular flexibility index (Phi) is 11.6. The van der Waals surface area contributed by atoms with Crippen LogP contribution < -0.4 is 73.9 Å². The molecule has 12 heteroatoms. The van der Waals surface area contributed by atoms with Crippen molar-refractivity contribution >= 4 is 29.0 Å². The first-order valence-corrected chi connectivity index (χ1v) is 11.8. The van der Waals surface area contributed by atoms with Crippen LogP contribution in [0.4, 0.5) is 14.5 Å². The van der Waals surface area contributed by atoms with Crippen molar-refractivity contribution in [1.82, 2.24) is 4.98 Å². The normalized spacial score (nSPS) is 14.9. The Labute approximate surface area is 268 Å². The molecule has 1 aliphatic rings. The number of anilines is 1. The van der Waals surface area contributed by atoms with E-state index < -0.39 is 23.1 Å². The molecule has 0 spiro atoms. The summed E-state index contributed by atoms with van der Waals surface area (Å²) in [5.74, 6) is -4.23. The second kappa shape index (κ2) is 13.9. The van der Waals surface area contributed by atoms with Crippen LogP contribution in [0.15, 0.2) is 71.3 Å². The van der Waals surface area contributed by atoms with E-state index in [4.69, 9.17) is 17.2 Å². The second-order valence-corrected chi connectivity index (χ2v) is 8.96. The van der Waals surface area contributed by atoms with Gasteiger partial charge >= 0.3 is 51.4 Å². The summed E-state index contributed by atoms with van der Waals surface area (Å²) < 4.78 is 27.1. The van der Waals surface area contributed by atoms with Gasteiger partial charge in [-0.25, -0.2) is 8.78 Å². The number of rotatable bonds is 9. The maximum atomic E-state index is 13.6. The fourth-order valence-electron chi connectivity index (χ4n) is 3.49. The van der Waals surface area contributed by atoms with Crippen LogP contribution in [-0.4, -0.2) is 35.6 Å². The molecule has 2 aromatic rings. The minimum atomic E-state index is -3.25. The van der Waals surface area contributed by atoms with Crippen molar-refractivity contribution in [2.45, 2.75) is 32.6 Å². The minimum absolute atomic E-state index is 0. The number of alkyl halides is 2. The summed E-state index contributed by atoms with van der Waals surface area (Å²) >= 11 is 0. The Morgan fingerprint density at radius 3 is 2.46 bits per heavy atom. The molecule has 39 heavy (non-hydrogen) atoms. The van der Waals surface area contributed by atoms with Crippen LogP contribution in [0.3, 0.4) is 0 Å². The largest absolute Gasteiger partial charge is 1.00 e. The molecule has 3 rings (SSSR count). The number of aliphatic imine (C=N–C) groups is 1. The molecule has 1 aliphatic carbocycles. The predicted molar refractivity (Wildman–Crippen MR) is 145 cm³/mol. The molecule has 0 atom stereocenters. The van der Waals surface area contributed by atoms with Crippen molar-refractivity contribution in [3.63, 3.8) is 0 Å². The number of benzene rings is 1. The molecule has 0 saturated heterocycles. The van der Waals surface area contributed by atoms with Gasteiger partial charge in [0.05, 0.1) is 5.70 Å². The van der Waals surface area contributed by atoms with Gasteiger partial charge in [0.1, 0.15) is 5.84 Å². The van der Waals surface area contributed by atoms with E-state index in [1.165, 1.54) is 6.08 Å². The van der Waals surface area contributed by atoms with Crippen LogP contribution in [0.25, 0.3) is 22.1 Å². The first-order valence-electron chi connectivity index (χ1n) is 11.8. The van der Waals surface area contributed by atoms with Crippen LogP contribution >= 0.6 is 0 Å². The minimum Gasteiger partial charge on any atom is -0.686 e. The predicted octanol–water partition coefficient (Wildman–Crippen LogP) is 0.978. The average molecular weight is 562 g/mol. The Morgan fingerprint density at radius 2 is 1.87 bits per heavy atom. The number of carbonyl (C=O) groups is 2. The van der Waals surface area contributed by atoms with E-state index in [-0.39, 0.29) is 69.0 Å². The van der Waals surface area contributed by atoms with Gasteiger partial charge in [0.25, 0.3) is 17.7 Å². The molecule has 7 N–H and O–H groups in total. The van der Waals surface area contributed by atoms with Crippen LogP contribution in [0, 0.1) is 12.8 Å². The first-order chi connectivity index (χ1) is 17.9. The average Bonchev–Trinajstić information content (AvgIpc) is 3.72. The number of nitrogens with one attached hydrogen (secondary N) is 1. The SMILES string of the molecule is C[N-]/C(=C\C(N)=NC(=O)C1CC1)c1cncc(-c2cc(NC(=O)/C(N)=C/C(=C\N)C(C)(F)F)ccc2C)c1.[K+]. The molecule has 0 aliphatic heterocycles. The third kappa shape index (κ3) is 9.07. The van der Waals surface area contributed by atoms with Gasteiger partial charge in [0.15, 0.2) is 0 Å². The van der Waals surface area contributed by atoms with Crippen LogP contribution in [0.2, 0.25) is 0 Å². The van der Waals surface area contributed by atoms with Gasteiger partial charge in [-0.05, 0) is 66.8 Å². The molecule has 0 bridgehead atoms. The number of nitrogens with two attached hydrogens (primary N) is 3. The summed E-state index contributed by atoms with van der Waals surface area (Å²) in [4.78, 5) is 32.7. The molecule has 2 amide bonds. The van der Waals surface area contributed by atoms with Crippen LogP contribution in [0.5, 0.6) is 0 Å². The zero-order chi connectivity index (χ0) is 28.0. The number of hydrogen-bond acceptors (Lipinski definition) is 5. The third-order valence-corrected chi connectivity index (χ3v) is 5.79. The van der Waals surface area contributed by atoms with Crippen molar-refractivity contribution in [2.75, 3.05) is 12.4 Å². The second-order valence-electron chi connectivity index (χ2n) is 8.96. The summed E-state index contributed by atoms with van der Waals surface area (Å²) in [6.45, 7) is 2.54. The van der Waals surface area contributed by atoms with Crippen molar-refractivity contribution in [3.8, 4) is 11.1 Å². The number of halogens is 2. The number of carbonyl (C=O) groups excluding carboxylic acids is 2. The molecular formula is C27H30F2KN7O2. The Balaban J connectivity index is 0.00000533. The van der Waals surface area contributed by atoms with Gasteiger partial charge in [0, 0.05) is 48.3 Å². The fraction of sp³-hybridized carbons (Fsp3) is 0.259. The third-order valence-electron chi connectivity index (χ3n) is 5.79. The maximum absolute atomic E-state index is 13.6. The van der Waals surface area contributed by atoms with E-state index in [1.807, 2.05) is 13.0 Å². The number of allylic oxidation sites excluding steroid dienone is 2. The van der Waals surface area contributed by atoms with Gasteiger partial charge in [-0.1, -0.05) is 6.07 Å². The molecule has 1 heterocycles. The van der Waals surface area contributed by atoms with Gasteiger partial charge in [-0.3, -0.25) is 14.6 Å². The standard InChI is InChI=1S/C27H31F2N7O2.K/c1-15-4-7-20(35-26(38)22(31)9-19(12-30)27(2,28)29)10-21(15)17-8-18(14-34-13-17)23(33-3)11-24(32)36-25(37)16-5-6-16;/h4,7-14,16H,5-6,31H2,1-3H3,(H6,30,32,33,35,36,37,38);/q;+1/p-1. The molecule has 0 radical (unpaired) electrons. The van der Waals surface area contributed by atoms with Crippen molar-refractivity contribution < 1.29 is 69.8 Å². The number of amides is 2. The topological polar surface area (TPSA) is 164 Å². The number of nitrogens with zero attached hydrogens (tertiary/aromatic N) is 3. The number of aromatic nitrogens is 1. The molecule has 1 saturated carbocycles. The number of hydrogen-bond donors (Lipinski definition) is 4. The van der Waals surface area contributed by atoms with E-state index in [1.54, 1.807) is 37.6 Å². The number of aryl methyl sites for hydroxylation is 1. The summed E-state index contributed by atoms with van der Waals surface area (Å²) in [7, 11) is 1.59. The maximum Gasteiger partial charge on any atom is 1.00 e. The molecular weight excluding hydrogens is 531 g/mol. The van der Waals surface area contributed by atoms with Crippen LogP contribution in [0.1, 0.15) is 30.9 Å². The summed E-state index contributed by atoms with van der Waals surface area (Å²) in [6, 6.07) is 7.01. The summed E-state index contributed by atoms with van der Waals surface area (Å²) in [5.41, 5.74) is 19.8. The first kappa shape index (κ1) is 32.3. The molecule has 200 valence electrons. The summed E-state index contributed by atoms with van der Waals surface area (Å²) in [5, 5.41) is 6.86. The van der Waals surface area contributed by atoms with Gasteiger partial charge in [-0.15, -0.1) is 12.7 Å². The van der Waals surface area contributed by atoms with E-state index in [0.717, 1.165) is 35.6 Å². The monoisotopic (exact) mass is 561 g/mol. The van der Waals surface area contributed by atoms with Gasteiger partial charge in [-0.2, -0.15) is 4.99 Å². The fourth-order valence-corrected chi connectivity index (χ4v) is 3.49. The van der Waals surface area contributed by atoms with Gasteiger partial charge < -0.3 is 27.8 Å². The van der Waals surface area contributed by atoms with Crippen molar-refractivity contribution in [1.29, 1.82) is 0 Å². The summed E-state index contributed by atoms with van der Waals surface area (Å²) in [6.07, 6.45) is 7.99. The Morgan fingerprint density at radius 1 is 1.18 bits per heavy atom. The molecule has 1 aromatic carbocycles.